The largest absolute Gasteiger partial charge is 0.310 e. The van der Waals surface area contributed by atoms with E-state index in [1.54, 1.807) is 11.3 Å². The molecule has 0 saturated heterocycles. The first-order valence-corrected chi connectivity index (χ1v) is 6.18. The van der Waals surface area contributed by atoms with E-state index in [1.807, 2.05) is 0 Å². The molecule has 0 atom stereocenters. The van der Waals surface area contributed by atoms with Gasteiger partial charge in [-0.25, -0.2) is 4.98 Å². The molecular weight excluding hydrogens is 218 g/mol. The Morgan fingerprint density at radius 1 is 1.56 bits per heavy atom. The van der Waals surface area contributed by atoms with Crippen LogP contribution in [0.15, 0.2) is 5.38 Å². The molecule has 16 heavy (non-hydrogen) atoms. The summed E-state index contributed by atoms with van der Waals surface area (Å²) in [7, 11) is 0. The molecule has 0 amide bonds. The minimum atomic E-state index is 0.767. The average molecular weight is 233 g/mol. The normalized spacial score (nSPS) is 10.8. The highest BCUT2D eigenvalue weighted by atomic mass is 32.1. The number of nitrogens with zero attached hydrogens (tertiary/aromatic N) is 2. The van der Waals surface area contributed by atoms with Gasteiger partial charge < -0.3 is 5.32 Å². The molecule has 4 heteroatoms. The lowest BCUT2D eigenvalue weighted by Gasteiger charge is -2.04. The second kappa shape index (κ2) is 4.69. The molecule has 2 aromatic heterocycles. The molecule has 1 N–H and O–H groups in total. The number of terminal acetylenes is 1. The molecule has 0 spiro atoms. The second-order valence-corrected chi connectivity index (χ2v) is 4.61. The fourth-order valence-electron chi connectivity index (χ4n) is 1.74. The van der Waals surface area contributed by atoms with Crippen molar-refractivity contribution in [2.45, 2.75) is 26.8 Å². The van der Waals surface area contributed by atoms with E-state index < -0.39 is 0 Å². The Labute approximate surface area is 99.5 Å². The number of rotatable bonds is 4. The molecule has 0 aliphatic heterocycles. The number of thiazole rings is 1. The van der Waals surface area contributed by atoms with E-state index in [4.69, 9.17) is 6.42 Å². The van der Waals surface area contributed by atoms with Gasteiger partial charge in [0.05, 0.1) is 11.4 Å². The molecule has 0 aromatic carbocycles. The van der Waals surface area contributed by atoms with Crippen LogP contribution in [0.2, 0.25) is 0 Å². The summed E-state index contributed by atoms with van der Waals surface area (Å²) in [5.74, 6) is 2.62. The van der Waals surface area contributed by atoms with Gasteiger partial charge in [0.25, 0.3) is 0 Å². The topological polar surface area (TPSA) is 29.3 Å². The maximum atomic E-state index is 5.21. The van der Waals surface area contributed by atoms with E-state index in [0.29, 0.717) is 0 Å². The Morgan fingerprint density at radius 3 is 3.12 bits per heavy atom. The summed E-state index contributed by atoms with van der Waals surface area (Å²) in [5, 5.41) is 5.47. The summed E-state index contributed by atoms with van der Waals surface area (Å²) >= 11 is 1.68. The fraction of sp³-hybridized carbons (Fsp3) is 0.417. The lowest BCUT2D eigenvalue weighted by atomic mass is 10.3. The maximum Gasteiger partial charge on any atom is 0.194 e. The van der Waals surface area contributed by atoms with Crippen molar-refractivity contribution < 1.29 is 0 Å². The van der Waals surface area contributed by atoms with Crippen LogP contribution in [0.4, 0.5) is 0 Å². The summed E-state index contributed by atoms with van der Waals surface area (Å²) in [6, 6.07) is 0. The molecule has 2 rings (SSSR count). The van der Waals surface area contributed by atoms with Gasteiger partial charge in [0.1, 0.15) is 0 Å². The number of aromatic nitrogens is 2. The molecule has 0 fully saturated rings. The van der Waals surface area contributed by atoms with Gasteiger partial charge in [0.15, 0.2) is 4.96 Å². The number of nitrogens with one attached hydrogen (secondary N) is 1. The summed E-state index contributed by atoms with van der Waals surface area (Å²) < 4.78 is 2.21. The Kier molecular flexibility index (Phi) is 3.28. The fourth-order valence-corrected chi connectivity index (χ4v) is 2.67. The highest BCUT2D eigenvalue weighted by Crippen LogP contribution is 2.20. The van der Waals surface area contributed by atoms with E-state index in [2.05, 4.69) is 39.8 Å². The van der Waals surface area contributed by atoms with Crippen LogP contribution in [-0.4, -0.2) is 15.9 Å². The van der Waals surface area contributed by atoms with Crippen molar-refractivity contribution in [3.8, 4) is 12.3 Å². The van der Waals surface area contributed by atoms with Gasteiger partial charge in [-0.2, -0.15) is 0 Å². The predicted molar refractivity (Wildman–Crippen MR) is 67.7 cm³/mol. The first kappa shape index (κ1) is 11.2. The summed E-state index contributed by atoms with van der Waals surface area (Å²) in [4.78, 5) is 5.61. The Balaban J connectivity index is 2.19. The van der Waals surface area contributed by atoms with Crippen molar-refractivity contribution in [1.29, 1.82) is 0 Å². The maximum absolute atomic E-state index is 5.21. The standard InChI is InChI=1S/C12H15N3S/c1-4-5-6-13-7-11-10(3)14-12-15(11)9(2)8-16-12/h1,8,13H,5-7H2,2-3H3. The highest BCUT2D eigenvalue weighted by molar-refractivity contribution is 7.15. The molecule has 2 aromatic rings. The third-order valence-electron chi connectivity index (χ3n) is 2.57. The van der Waals surface area contributed by atoms with Crippen LogP contribution in [0.3, 0.4) is 0 Å². The molecule has 0 unspecified atom stereocenters. The SMILES string of the molecule is C#CCCNCc1c(C)nc2scc(C)n12. The number of hydrogen-bond donors (Lipinski definition) is 1. The number of hydrogen-bond acceptors (Lipinski definition) is 3. The van der Waals surface area contributed by atoms with Crippen molar-refractivity contribution in [1.82, 2.24) is 14.7 Å². The minimum absolute atomic E-state index is 0.767. The predicted octanol–water partition coefficient (Wildman–Crippen LogP) is 2.13. The first-order valence-electron chi connectivity index (χ1n) is 5.30. The van der Waals surface area contributed by atoms with Gasteiger partial charge in [0, 0.05) is 30.6 Å². The minimum Gasteiger partial charge on any atom is -0.310 e. The molecular formula is C12H15N3S. The third kappa shape index (κ3) is 1.97. The molecule has 0 radical (unpaired) electrons. The van der Waals surface area contributed by atoms with Gasteiger partial charge in [-0.3, -0.25) is 4.40 Å². The van der Waals surface area contributed by atoms with Crippen LogP contribution in [0.25, 0.3) is 4.96 Å². The Bertz CT molecular complexity index is 530. The molecule has 3 nitrogen and oxygen atoms in total. The van der Waals surface area contributed by atoms with Crippen molar-refractivity contribution >= 4 is 16.3 Å². The van der Waals surface area contributed by atoms with Crippen LogP contribution in [0.1, 0.15) is 23.5 Å². The lowest BCUT2D eigenvalue weighted by Crippen LogP contribution is -2.16. The smallest absolute Gasteiger partial charge is 0.194 e. The van der Waals surface area contributed by atoms with Crippen molar-refractivity contribution in [2.75, 3.05) is 6.54 Å². The summed E-state index contributed by atoms with van der Waals surface area (Å²) in [5.41, 5.74) is 3.59. The van der Waals surface area contributed by atoms with Crippen LogP contribution in [-0.2, 0) is 6.54 Å². The quantitative estimate of drug-likeness (QED) is 0.647. The number of imidazole rings is 1. The summed E-state index contributed by atoms with van der Waals surface area (Å²) in [6.07, 6.45) is 5.98. The van der Waals surface area contributed by atoms with Crippen LogP contribution in [0, 0.1) is 26.2 Å². The van der Waals surface area contributed by atoms with E-state index in [9.17, 15) is 0 Å². The van der Waals surface area contributed by atoms with Gasteiger partial charge in [-0.05, 0) is 13.8 Å². The Morgan fingerprint density at radius 2 is 2.38 bits per heavy atom. The zero-order valence-corrected chi connectivity index (χ0v) is 10.4. The van der Waals surface area contributed by atoms with E-state index in [-0.39, 0.29) is 0 Å². The van der Waals surface area contributed by atoms with Gasteiger partial charge >= 0.3 is 0 Å². The molecule has 0 bridgehead atoms. The number of aryl methyl sites for hydroxylation is 2. The molecule has 84 valence electrons. The van der Waals surface area contributed by atoms with Crippen molar-refractivity contribution in [3.63, 3.8) is 0 Å². The monoisotopic (exact) mass is 233 g/mol. The zero-order valence-electron chi connectivity index (χ0n) is 9.58. The molecule has 0 aliphatic rings. The lowest BCUT2D eigenvalue weighted by molar-refractivity contribution is 0.679. The van der Waals surface area contributed by atoms with E-state index in [0.717, 1.165) is 30.2 Å². The second-order valence-electron chi connectivity index (χ2n) is 3.77. The van der Waals surface area contributed by atoms with Crippen LogP contribution < -0.4 is 5.32 Å². The zero-order chi connectivity index (χ0) is 11.5. The number of fused-ring (bicyclic) bond motifs is 1. The third-order valence-corrected chi connectivity index (χ3v) is 3.51. The van der Waals surface area contributed by atoms with Crippen LogP contribution >= 0.6 is 11.3 Å². The van der Waals surface area contributed by atoms with Gasteiger partial charge in [-0.1, -0.05) is 0 Å². The van der Waals surface area contributed by atoms with Crippen molar-refractivity contribution in [3.05, 3.63) is 22.5 Å². The van der Waals surface area contributed by atoms with E-state index >= 15 is 0 Å². The van der Waals surface area contributed by atoms with Crippen molar-refractivity contribution in [2.24, 2.45) is 0 Å². The Hall–Kier alpha value is -1.31. The molecule has 2 heterocycles. The highest BCUT2D eigenvalue weighted by Gasteiger charge is 2.11. The average Bonchev–Trinajstić information content (AvgIpc) is 2.75. The van der Waals surface area contributed by atoms with E-state index in [1.165, 1.54) is 11.4 Å². The van der Waals surface area contributed by atoms with Gasteiger partial charge in [-0.15, -0.1) is 23.7 Å². The first-order chi connectivity index (χ1) is 7.74. The molecule has 0 saturated carbocycles. The van der Waals surface area contributed by atoms with Gasteiger partial charge in [0.2, 0.25) is 0 Å². The summed E-state index contributed by atoms with van der Waals surface area (Å²) in [6.45, 7) is 5.84. The molecule has 0 aliphatic carbocycles. The van der Waals surface area contributed by atoms with Crippen LogP contribution in [0.5, 0.6) is 0 Å².